The molecule has 0 bridgehead atoms. The van der Waals surface area contributed by atoms with Gasteiger partial charge in [0.05, 0.1) is 12.7 Å². The third-order valence-electron chi connectivity index (χ3n) is 4.55. The van der Waals surface area contributed by atoms with Gasteiger partial charge in [0, 0.05) is 22.0 Å². The number of H-pyrrole nitrogens is 1. The Bertz CT molecular complexity index is 1200. The van der Waals surface area contributed by atoms with E-state index in [1.54, 1.807) is 49.6 Å². The molecule has 0 aliphatic heterocycles. The standard InChI is InChI=1S/C23H18N2O3/c1-28-17-13-11-16(12-14-17)24-22-20(21(26)15-7-3-2-4-8-15)18-9-5-6-10-19(18)23(27)25-22/h2-14H,1H3,(H2,24,25,27). The van der Waals surface area contributed by atoms with E-state index in [4.69, 9.17) is 4.74 Å². The van der Waals surface area contributed by atoms with Crippen LogP contribution in [0.2, 0.25) is 0 Å². The highest BCUT2D eigenvalue weighted by Crippen LogP contribution is 2.27. The quantitative estimate of drug-likeness (QED) is 0.507. The van der Waals surface area contributed by atoms with Crippen molar-refractivity contribution in [1.29, 1.82) is 0 Å². The van der Waals surface area contributed by atoms with Gasteiger partial charge >= 0.3 is 0 Å². The molecule has 2 N–H and O–H groups in total. The summed E-state index contributed by atoms with van der Waals surface area (Å²) in [5, 5.41) is 4.26. The summed E-state index contributed by atoms with van der Waals surface area (Å²) in [5.74, 6) is 0.921. The number of carbonyl (C=O) groups excluding carboxylic acids is 1. The number of aromatic nitrogens is 1. The molecule has 0 saturated heterocycles. The molecular weight excluding hydrogens is 352 g/mol. The lowest BCUT2D eigenvalue weighted by Gasteiger charge is -2.14. The Hall–Kier alpha value is -3.86. The number of benzene rings is 3. The summed E-state index contributed by atoms with van der Waals surface area (Å²) in [6.45, 7) is 0. The van der Waals surface area contributed by atoms with Gasteiger partial charge in [-0.15, -0.1) is 0 Å². The molecule has 3 aromatic carbocycles. The molecule has 0 fully saturated rings. The van der Waals surface area contributed by atoms with Gasteiger partial charge in [-0.1, -0.05) is 48.5 Å². The highest BCUT2D eigenvalue weighted by molar-refractivity contribution is 6.19. The highest BCUT2D eigenvalue weighted by Gasteiger charge is 2.19. The summed E-state index contributed by atoms with van der Waals surface area (Å²) in [5.41, 5.74) is 1.46. The van der Waals surface area contributed by atoms with E-state index in [0.717, 1.165) is 11.4 Å². The summed E-state index contributed by atoms with van der Waals surface area (Å²) in [7, 11) is 1.60. The number of pyridine rings is 1. The molecule has 1 aromatic heterocycles. The average Bonchev–Trinajstić information content (AvgIpc) is 2.75. The van der Waals surface area contributed by atoms with Crippen molar-refractivity contribution in [3.63, 3.8) is 0 Å². The lowest BCUT2D eigenvalue weighted by molar-refractivity contribution is 0.104. The first-order valence-electron chi connectivity index (χ1n) is 8.83. The molecule has 1 heterocycles. The molecule has 4 rings (SSSR count). The molecule has 0 saturated carbocycles. The van der Waals surface area contributed by atoms with Crippen molar-refractivity contribution in [2.45, 2.75) is 0 Å². The van der Waals surface area contributed by atoms with E-state index >= 15 is 0 Å². The number of hydrogen-bond donors (Lipinski definition) is 2. The number of aromatic amines is 1. The van der Waals surface area contributed by atoms with Crippen LogP contribution in [0.5, 0.6) is 5.75 Å². The molecular formula is C23H18N2O3. The van der Waals surface area contributed by atoms with Crippen LogP contribution in [0.25, 0.3) is 10.8 Å². The fourth-order valence-electron chi connectivity index (χ4n) is 3.16. The molecule has 0 unspecified atom stereocenters. The van der Waals surface area contributed by atoms with Crippen molar-refractivity contribution in [2.75, 3.05) is 12.4 Å². The van der Waals surface area contributed by atoms with Gasteiger partial charge in [0.15, 0.2) is 5.78 Å². The van der Waals surface area contributed by atoms with Crippen LogP contribution in [0.1, 0.15) is 15.9 Å². The van der Waals surface area contributed by atoms with E-state index in [-0.39, 0.29) is 11.3 Å². The summed E-state index contributed by atoms with van der Waals surface area (Å²) >= 11 is 0. The van der Waals surface area contributed by atoms with Gasteiger partial charge in [-0.05, 0) is 30.3 Å². The van der Waals surface area contributed by atoms with E-state index in [1.165, 1.54) is 0 Å². The van der Waals surface area contributed by atoms with Crippen molar-refractivity contribution in [2.24, 2.45) is 0 Å². The first-order valence-corrected chi connectivity index (χ1v) is 8.83. The SMILES string of the molecule is COc1ccc(Nc2[nH]c(=O)c3ccccc3c2C(=O)c2ccccc2)cc1. The monoisotopic (exact) mass is 370 g/mol. The fraction of sp³-hybridized carbons (Fsp3) is 0.0435. The first kappa shape index (κ1) is 17.5. The van der Waals surface area contributed by atoms with Crippen molar-refractivity contribution in [3.05, 3.63) is 100 Å². The maximum Gasteiger partial charge on any atom is 0.257 e. The van der Waals surface area contributed by atoms with Crippen LogP contribution in [0.4, 0.5) is 11.5 Å². The summed E-state index contributed by atoms with van der Waals surface area (Å²) in [6.07, 6.45) is 0. The van der Waals surface area contributed by atoms with Gasteiger partial charge in [-0.3, -0.25) is 9.59 Å². The predicted octanol–water partition coefficient (Wildman–Crippen LogP) is 4.51. The smallest absolute Gasteiger partial charge is 0.257 e. The molecule has 4 aromatic rings. The van der Waals surface area contributed by atoms with E-state index < -0.39 is 0 Å². The number of fused-ring (bicyclic) bond motifs is 1. The molecule has 0 amide bonds. The van der Waals surface area contributed by atoms with Crippen molar-refractivity contribution >= 4 is 28.1 Å². The first-order chi connectivity index (χ1) is 13.7. The summed E-state index contributed by atoms with van der Waals surface area (Å²) in [4.78, 5) is 28.7. The second kappa shape index (κ2) is 7.40. The zero-order valence-corrected chi connectivity index (χ0v) is 15.2. The minimum atomic E-state index is -0.253. The molecule has 138 valence electrons. The lowest BCUT2D eigenvalue weighted by Crippen LogP contribution is -2.16. The van der Waals surface area contributed by atoms with Gasteiger partial charge < -0.3 is 15.0 Å². The second-order valence-electron chi connectivity index (χ2n) is 6.30. The number of rotatable bonds is 5. The van der Waals surface area contributed by atoms with Crippen LogP contribution in [-0.2, 0) is 0 Å². The molecule has 0 atom stereocenters. The highest BCUT2D eigenvalue weighted by atomic mass is 16.5. The van der Waals surface area contributed by atoms with E-state index in [0.29, 0.717) is 27.7 Å². The number of ketones is 1. The molecule has 28 heavy (non-hydrogen) atoms. The Morgan fingerprint density at radius 3 is 2.18 bits per heavy atom. The Morgan fingerprint density at radius 2 is 1.50 bits per heavy atom. The second-order valence-corrected chi connectivity index (χ2v) is 6.30. The van der Waals surface area contributed by atoms with Crippen LogP contribution in [0.3, 0.4) is 0 Å². The van der Waals surface area contributed by atoms with Crippen molar-refractivity contribution < 1.29 is 9.53 Å². The Kier molecular flexibility index (Phi) is 4.64. The normalized spacial score (nSPS) is 10.6. The Balaban J connectivity index is 1.89. The molecule has 5 nitrogen and oxygen atoms in total. The number of nitrogens with one attached hydrogen (secondary N) is 2. The molecule has 0 aliphatic rings. The number of anilines is 2. The fourth-order valence-corrected chi connectivity index (χ4v) is 3.16. The van der Waals surface area contributed by atoms with Crippen LogP contribution in [-0.4, -0.2) is 17.9 Å². The maximum atomic E-state index is 13.3. The number of methoxy groups -OCH3 is 1. The van der Waals surface area contributed by atoms with Crippen LogP contribution >= 0.6 is 0 Å². The summed E-state index contributed by atoms with van der Waals surface area (Å²) < 4.78 is 5.18. The molecule has 0 aliphatic carbocycles. The van der Waals surface area contributed by atoms with E-state index in [2.05, 4.69) is 10.3 Å². The largest absolute Gasteiger partial charge is 0.497 e. The Morgan fingerprint density at radius 1 is 0.857 bits per heavy atom. The maximum absolute atomic E-state index is 13.3. The van der Waals surface area contributed by atoms with Gasteiger partial charge in [-0.2, -0.15) is 0 Å². The Labute approximate surface area is 161 Å². The van der Waals surface area contributed by atoms with Gasteiger partial charge in [-0.25, -0.2) is 0 Å². The molecule has 5 heteroatoms. The number of hydrogen-bond acceptors (Lipinski definition) is 4. The molecule has 0 spiro atoms. The predicted molar refractivity (Wildman–Crippen MR) is 111 cm³/mol. The third kappa shape index (κ3) is 3.25. The van der Waals surface area contributed by atoms with Crippen LogP contribution in [0.15, 0.2) is 83.7 Å². The lowest BCUT2D eigenvalue weighted by atomic mass is 9.98. The topological polar surface area (TPSA) is 71.2 Å². The van der Waals surface area contributed by atoms with Crippen molar-refractivity contribution in [1.82, 2.24) is 4.98 Å². The van der Waals surface area contributed by atoms with Gasteiger partial charge in [0.2, 0.25) is 0 Å². The van der Waals surface area contributed by atoms with E-state index in [9.17, 15) is 9.59 Å². The van der Waals surface area contributed by atoms with Crippen LogP contribution < -0.4 is 15.6 Å². The summed E-state index contributed by atoms with van der Waals surface area (Å²) in [6, 6.07) is 23.4. The third-order valence-corrected chi connectivity index (χ3v) is 4.55. The van der Waals surface area contributed by atoms with Gasteiger partial charge in [0.25, 0.3) is 5.56 Å². The number of ether oxygens (including phenoxy) is 1. The average molecular weight is 370 g/mol. The van der Waals surface area contributed by atoms with E-state index in [1.807, 2.05) is 36.4 Å². The zero-order chi connectivity index (χ0) is 19.5. The molecule has 0 radical (unpaired) electrons. The minimum absolute atomic E-state index is 0.163. The van der Waals surface area contributed by atoms with Crippen LogP contribution in [0, 0.1) is 0 Å². The zero-order valence-electron chi connectivity index (χ0n) is 15.2. The van der Waals surface area contributed by atoms with Gasteiger partial charge in [0.1, 0.15) is 11.6 Å². The number of carbonyl (C=O) groups is 1. The van der Waals surface area contributed by atoms with Crippen molar-refractivity contribution in [3.8, 4) is 5.75 Å². The minimum Gasteiger partial charge on any atom is -0.497 e.